The molecular formula is C26H28N2O5S. The van der Waals surface area contributed by atoms with E-state index in [0.29, 0.717) is 28.1 Å². The summed E-state index contributed by atoms with van der Waals surface area (Å²) in [6.45, 7) is 9.12. The van der Waals surface area contributed by atoms with Crippen molar-refractivity contribution in [1.29, 1.82) is 0 Å². The maximum Gasteiger partial charge on any atom is 0.338 e. The number of carbonyl (C=O) groups is 2. The molecule has 0 heterocycles. The molecule has 0 fully saturated rings. The first kappa shape index (κ1) is 25.0. The molecule has 0 aliphatic rings. The lowest BCUT2D eigenvalue weighted by atomic mass is 10.1. The highest BCUT2D eigenvalue weighted by Crippen LogP contribution is 2.24. The molecule has 7 nitrogen and oxygen atoms in total. The molecule has 0 saturated carbocycles. The van der Waals surface area contributed by atoms with E-state index in [-0.39, 0.29) is 17.1 Å². The van der Waals surface area contributed by atoms with Gasteiger partial charge in [0.25, 0.3) is 15.9 Å². The van der Waals surface area contributed by atoms with Crippen molar-refractivity contribution in [3.63, 3.8) is 0 Å². The molecule has 3 rings (SSSR count). The Morgan fingerprint density at radius 1 is 0.912 bits per heavy atom. The van der Waals surface area contributed by atoms with E-state index in [2.05, 4.69) is 10.0 Å². The molecule has 0 spiro atoms. The van der Waals surface area contributed by atoms with Gasteiger partial charge in [0.2, 0.25) is 0 Å². The van der Waals surface area contributed by atoms with Crippen molar-refractivity contribution in [1.82, 2.24) is 0 Å². The summed E-state index contributed by atoms with van der Waals surface area (Å²) in [4.78, 5) is 25.1. The molecule has 0 aromatic heterocycles. The van der Waals surface area contributed by atoms with Crippen molar-refractivity contribution in [2.45, 2.75) is 39.5 Å². The van der Waals surface area contributed by atoms with Crippen molar-refractivity contribution in [3.8, 4) is 0 Å². The molecule has 0 radical (unpaired) electrons. The van der Waals surface area contributed by atoms with Crippen LogP contribution in [0.15, 0.2) is 59.5 Å². The summed E-state index contributed by atoms with van der Waals surface area (Å²) in [6.07, 6.45) is 0. The number of carbonyl (C=O) groups excluding carboxylic acids is 2. The minimum Gasteiger partial charge on any atom is -0.462 e. The number of anilines is 2. The molecule has 2 N–H and O–H groups in total. The van der Waals surface area contributed by atoms with Gasteiger partial charge < -0.3 is 10.1 Å². The Kier molecular flexibility index (Phi) is 7.41. The van der Waals surface area contributed by atoms with Gasteiger partial charge in [0.15, 0.2) is 0 Å². The number of hydrogen-bond donors (Lipinski definition) is 2. The number of aryl methyl sites for hydroxylation is 3. The lowest BCUT2D eigenvalue weighted by Gasteiger charge is -2.14. The van der Waals surface area contributed by atoms with Crippen molar-refractivity contribution in [2.75, 3.05) is 16.6 Å². The van der Waals surface area contributed by atoms with Crippen LogP contribution in [0.25, 0.3) is 0 Å². The van der Waals surface area contributed by atoms with Crippen LogP contribution >= 0.6 is 0 Å². The Bertz CT molecular complexity index is 1340. The standard InChI is InChI=1S/C26H28N2O5S/c1-6-33-26(30)22-8-7-9-23(19(22)5)27-25(29)20-11-10-18(4)24(15-20)34(31,32)28-21-13-16(2)12-17(3)14-21/h7-15,28H,6H2,1-5H3,(H,27,29). The summed E-state index contributed by atoms with van der Waals surface area (Å²) in [5, 5.41) is 2.76. The fourth-order valence-electron chi connectivity index (χ4n) is 3.67. The second kappa shape index (κ2) is 10.1. The number of benzene rings is 3. The quantitative estimate of drug-likeness (QED) is 0.456. The molecule has 0 aliphatic heterocycles. The third-order valence-corrected chi connectivity index (χ3v) is 6.81. The number of esters is 1. The highest BCUT2D eigenvalue weighted by atomic mass is 32.2. The summed E-state index contributed by atoms with van der Waals surface area (Å²) < 4.78 is 33.9. The largest absolute Gasteiger partial charge is 0.462 e. The van der Waals surface area contributed by atoms with Crippen LogP contribution in [0.1, 0.15) is 49.9 Å². The zero-order valence-electron chi connectivity index (χ0n) is 19.9. The van der Waals surface area contributed by atoms with Gasteiger partial charge in [-0.15, -0.1) is 0 Å². The molecule has 0 unspecified atom stereocenters. The van der Waals surface area contributed by atoms with Crippen LogP contribution in [0.5, 0.6) is 0 Å². The molecule has 8 heteroatoms. The first-order valence-electron chi connectivity index (χ1n) is 10.8. The SMILES string of the molecule is CCOC(=O)c1cccc(NC(=O)c2ccc(C)c(S(=O)(=O)Nc3cc(C)cc(C)c3)c2)c1C. The highest BCUT2D eigenvalue weighted by molar-refractivity contribution is 7.92. The molecule has 3 aromatic carbocycles. The van der Waals surface area contributed by atoms with Crippen LogP contribution in [0.3, 0.4) is 0 Å². The van der Waals surface area contributed by atoms with Crippen LogP contribution in [0, 0.1) is 27.7 Å². The molecule has 1 amide bonds. The molecule has 0 atom stereocenters. The van der Waals surface area contributed by atoms with E-state index < -0.39 is 21.9 Å². The Balaban J connectivity index is 1.89. The minimum absolute atomic E-state index is 0.0105. The normalized spacial score (nSPS) is 11.1. The zero-order valence-corrected chi connectivity index (χ0v) is 20.7. The fraction of sp³-hybridized carbons (Fsp3) is 0.231. The molecule has 34 heavy (non-hydrogen) atoms. The average Bonchev–Trinajstić information content (AvgIpc) is 2.74. The predicted octanol–water partition coefficient (Wildman–Crippen LogP) is 5.15. The van der Waals surface area contributed by atoms with Crippen LogP contribution in [0.4, 0.5) is 11.4 Å². The van der Waals surface area contributed by atoms with E-state index in [1.165, 1.54) is 6.07 Å². The van der Waals surface area contributed by atoms with Gasteiger partial charge in [0.05, 0.1) is 17.1 Å². The van der Waals surface area contributed by atoms with Gasteiger partial charge in [-0.2, -0.15) is 0 Å². The van der Waals surface area contributed by atoms with Crippen molar-refractivity contribution in [2.24, 2.45) is 0 Å². The third kappa shape index (κ3) is 5.63. The Morgan fingerprint density at radius 3 is 2.24 bits per heavy atom. The van der Waals surface area contributed by atoms with Gasteiger partial charge in [-0.1, -0.05) is 18.2 Å². The number of sulfonamides is 1. The summed E-state index contributed by atoms with van der Waals surface area (Å²) in [6, 6.07) is 14.9. The zero-order chi connectivity index (χ0) is 25.0. The number of ether oxygens (including phenoxy) is 1. The predicted molar refractivity (Wildman–Crippen MR) is 133 cm³/mol. The third-order valence-electron chi connectivity index (χ3n) is 5.29. The van der Waals surface area contributed by atoms with Crippen LogP contribution in [-0.2, 0) is 14.8 Å². The fourth-order valence-corrected chi connectivity index (χ4v) is 4.98. The molecule has 0 saturated heterocycles. The van der Waals surface area contributed by atoms with E-state index in [1.54, 1.807) is 63.2 Å². The van der Waals surface area contributed by atoms with Crippen LogP contribution in [-0.4, -0.2) is 26.9 Å². The number of hydrogen-bond acceptors (Lipinski definition) is 5. The number of nitrogens with one attached hydrogen (secondary N) is 2. The minimum atomic E-state index is -3.93. The summed E-state index contributed by atoms with van der Waals surface area (Å²) >= 11 is 0. The molecule has 178 valence electrons. The maximum absolute atomic E-state index is 13.1. The lowest BCUT2D eigenvalue weighted by Crippen LogP contribution is -2.18. The Labute approximate surface area is 200 Å². The van der Waals surface area contributed by atoms with E-state index in [1.807, 2.05) is 19.9 Å². The van der Waals surface area contributed by atoms with Gasteiger partial charge in [0, 0.05) is 16.9 Å². The van der Waals surface area contributed by atoms with Crippen LogP contribution in [0.2, 0.25) is 0 Å². The first-order chi connectivity index (χ1) is 16.0. The van der Waals surface area contributed by atoms with Crippen LogP contribution < -0.4 is 10.0 Å². The molecule has 0 bridgehead atoms. The number of rotatable bonds is 7. The number of amides is 1. The van der Waals surface area contributed by atoms with Gasteiger partial charge in [0.1, 0.15) is 0 Å². The molecule has 3 aromatic rings. The van der Waals surface area contributed by atoms with E-state index >= 15 is 0 Å². The van der Waals surface area contributed by atoms with Crippen molar-refractivity contribution >= 4 is 33.3 Å². The Morgan fingerprint density at radius 2 is 1.59 bits per heavy atom. The van der Waals surface area contributed by atoms with E-state index in [4.69, 9.17) is 4.74 Å². The summed E-state index contributed by atoms with van der Waals surface area (Å²) in [7, 11) is -3.93. The topological polar surface area (TPSA) is 102 Å². The summed E-state index contributed by atoms with van der Waals surface area (Å²) in [5.41, 5.74) is 4.36. The smallest absolute Gasteiger partial charge is 0.338 e. The first-order valence-corrected chi connectivity index (χ1v) is 12.3. The second-order valence-corrected chi connectivity index (χ2v) is 9.77. The second-order valence-electron chi connectivity index (χ2n) is 8.11. The van der Waals surface area contributed by atoms with Gasteiger partial charge in [-0.3, -0.25) is 9.52 Å². The lowest BCUT2D eigenvalue weighted by molar-refractivity contribution is 0.0525. The highest BCUT2D eigenvalue weighted by Gasteiger charge is 2.21. The van der Waals surface area contributed by atoms with E-state index in [0.717, 1.165) is 11.1 Å². The van der Waals surface area contributed by atoms with Gasteiger partial charge in [-0.05, 0) is 93.3 Å². The maximum atomic E-state index is 13.1. The Hall–Kier alpha value is -3.65. The van der Waals surface area contributed by atoms with E-state index in [9.17, 15) is 18.0 Å². The van der Waals surface area contributed by atoms with Gasteiger partial charge in [-0.25, -0.2) is 13.2 Å². The monoisotopic (exact) mass is 480 g/mol. The summed E-state index contributed by atoms with van der Waals surface area (Å²) in [5.74, 6) is -0.968. The molecular weight excluding hydrogens is 452 g/mol. The average molecular weight is 481 g/mol. The van der Waals surface area contributed by atoms with Crippen molar-refractivity contribution < 1.29 is 22.7 Å². The molecule has 0 aliphatic carbocycles. The van der Waals surface area contributed by atoms with Gasteiger partial charge >= 0.3 is 5.97 Å². The van der Waals surface area contributed by atoms with Crippen molar-refractivity contribution in [3.05, 3.63) is 88.0 Å².